The molecule has 0 bridgehead atoms. The topological polar surface area (TPSA) is 83.6 Å². The maximum Gasteiger partial charge on any atom is 0.326 e. The molecule has 19 heavy (non-hydrogen) atoms. The van der Waals surface area contributed by atoms with Crippen LogP contribution in [-0.4, -0.2) is 29.6 Å². The second-order valence-corrected chi connectivity index (χ2v) is 5.63. The second-order valence-electron chi connectivity index (χ2n) is 4.77. The Kier molecular flexibility index (Phi) is 3.80. The van der Waals surface area contributed by atoms with Gasteiger partial charge in [-0.05, 0) is 46.5 Å². The van der Waals surface area contributed by atoms with E-state index in [1.54, 1.807) is 18.2 Å². The van der Waals surface area contributed by atoms with Crippen molar-refractivity contribution in [3.63, 3.8) is 0 Å². The number of halogens is 1. The first kappa shape index (κ1) is 13.9. The lowest BCUT2D eigenvalue weighted by atomic mass is 10.0. The summed E-state index contributed by atoms with van der Waals surface area (Å²) >= 11 is 3.29. The Balaban J connectivity index is 2.34. The molecule has 0 radical (unpaired) electrons. The third-order valence-electron chi connectivity index (χ3n) is 3.50. The molecule has 1 aliphatic heterocycles. The number of carbonyl (C=O) groups excluding carboxylic acids is 1. The average molecular weight is 327 g/mol. The van der Waals surface area contributed by atoms with Gasteiger partial charge in [-0.2, -0.15) is 0 Å². The van der Waals surface area contributed by atoms with Crippen molar-refractivity contribution in [3.8, 4) is 0 Å². The highest BCUT2D eigenvalue weighted by Gasteiger charge is 2.36. The highest BCUT2D eigenvalue weighted by Crippen LogP contribution is 2.32. The number of primary amides is 1. The van der Waals surface area contributed by atoms with Gasteiger partial charge in [-0.1, -0.05) is 6.92 Å². The van der Waals surface area contributed by atoms with E-state index in [0.29, 0.717) is 16.6 Å². The number of rotatable bonds is 3. The molecule has 102 valence electrons. The van der Waals surface area contributed by atoms with Crippen LogP contribution in [0.3, 0.4) is 0 Å². The summed E-state index contributed by atoms with van der Waals surface area (Å²) in [7, 11) is 0. The van der Waals surface area contributed by atoms with Gasteiger partial charge in [0, 0.05) is 16.7 Å². The van der Waals surface area contributed by atoms with E-state index in [1.165, 1.54) is 0 Å². The zero-order valence-corrected chi connectivity index (χ0v) is 12.1. The van der Waals surface area contributed by atoms with Crippen LogP contribution in [0.15, 0.2) is 22.7 Å². The number of carboxylic acid groups (broad SMARTS) is 1. The molecule has 1 aliphatic rings. The summed E-state index contributed by atoms with van der Waals surface area (Å²) in [6.45, 7) is 2.63. The summed E-state index contributed by atoms with van der Waals surface area (Å²) in [5.74, 6) is -1.23. The molecule has 0 aliphatic carbocycles. The molecule has 6 heteroatoms. The first-order valence-corrected chi connectivity index (χ1v) is 6.80. The number of hydrogen-bond donors (Lipinski definition) is 2. The molecule has 2 rings (SSSR count). The van der Waals surface area contributed by atoms with Crippen molar-refractivity contribution in [2.75, 3.05) is 11.4 Å². The van der Waals surface area contributed by atoms with Crippen LogP contribution >= 0.6 is 15.9 Å². The number of carboxylic acids is 1. The van der Waals surface area contributed by atoms with Crippen molar-refractivity contribution < 1.29 is 14.7 Å². The summed E-state index contributed by atoms with van der Waals surface area (Å²) in [5.41, 5.74) is 6.42. The van der Waals surface area contributed by atoms with Crippen molar-refractivity contribution in [2.45, 2.75) is 19.4 Å². The van der Waals surface area contributed by atoms with Crippen molar-refractivity contribution in [1.82, 2.24) is 0 Å². The number of nitrogens with zero attached hydrogens (tertiary/aromatic N) is 1. The van der Waals surface area contributed by atoms with Gasteiger partial charge >= 0.3 is 5.97 Å². The predicted molar refractivity (Wildman–Crippen MR) is 75.2 cm³/mol. The zero-order valence-electron chi connectivity index (χ0n) is 10.5. The Morgan fingerprint density at radius 3 is 2.68 bits per heavy atom. The van der Waals surface area contributed by atoms with E-state index >= 15 is 0 Å². The van der Waals surface area contributed by atoms with Crippen LogP contribution in [0.1, 0.15) is 23.7 Å². The molecule has 2 atom stereocenters. The normalized spacial score (nSPS) is 22.5. The quantitative estimate of drug-likeness (QED) is 0.887. The van der Waals surface area contributed by atoms with Gasteiger partial charge in [0.05, 0.1) is 5.56 Å². The van der Waals surface area contributed by atoms with E-state index < -0.39 is 17.9 Å². The van der Waals surface area contributed by atoms with Crippen molar-refractivity contribution in [2.24, 2.45) is 11.7 Å². The highest BCUT2D eigenvalue weighted by atomic mass is 79.9. The lowest BCUT2D eigenvalue weighted by Gasteiger charge is -2.25. The van der Waals surface area contributed by atoms with Crippen LogP contribution in [-0.2, 0) is 4.79 Å². The van der Waals surface area contributed by atoms with E-state index in [-0.39, 0.29) is 5.92 Å². The van der Waals surface area contributed by atoms with Gasteiger partial charge in [0.1, 0.15) is 6.04 Å². The molecule has 0 spiro atoms. The molecule has 5 nitrogen and oxygen atoms in total. The van der Waals surface area contributed by atoms with Crippen LogP contribution in [0.25, 0.3) is 0 Å². The number of anilines is 1. The van der Waals surface area contributed by atoms with E-state index in [1.807, 2.05) is 11.8 Å². The largest absolute Gasteiger partial charge is 0.480 e. The molecular formula is C13H15BrN2O3. The maximum absolute atomic E-state index is 11.3. The molecule has 3 N–H and O–H groups in total. The van der Waals surface area contributed by atoms with Gasteiger partial charge in [0.25, 0.3) is 0 Å². The van der Waals surface area contributed by atoms with Gasteiger partial charge in [-0.25, -0.2) is 4.79 Å². The average Bonchev–Trinajstić information content (AvgIpc) is 2.70. The zero-order chi connectivity index (χ0) is 14.2. The number of nitrogens with two attached hydrogens (primary N) is 1. The van der Waals surface area contributed by atoms with E-state index in [0.717, 1.165) is 12.1 Å². The first-order chi connectivity index (χ1) is 8.91. The van der Waals surface area contributed by atoms with Crippen LogP contribution in [0.4, 0.5) is 5.69 Å². The standard InChI is InChI=1S/C13H15BrN2O3/c1-7-4-5-16(11(7)13(18)19)8-2-3-9(12(15)17)10(14)6-8/h2-3,6-7,11H,4-5H2,1H3,(H2,15,17)(H,18,19). The molecular weight excluding hydrogens is 312 g/mol. The third kappa shape index (κ3) is 2.58. The van der Waals surface area contributed by atoms with Crippen LogP contribution in [0.2, 0.25) is 0 Å². The van der Waals surface area contributed by atoms with Crippen molar-refractivity contribution in [1.29, 1.82) is 0 Å². The van der Waals surface area contributed by atoms with E-state index in [2.05, 4.69) is 15.9 Å². The SMILES string of the molecule is CC1CCN(c2ccc(C(N)=O)c(Br)c2)C1C(=O)O. The van der Waals surface area contributed by atoms with Crippen LogP contribution in [0, 0.1) is 5.92 Å². The van der Waals surface area contributed by atoms with Gasteiger partial charge in [0.2, 0.25) is 5.91 Å². The number of carbonyl (C=O) groups is 2. The Hall–Kier alpha value is -1.56. The van der Waals surface area contributed by atoms with Gasteiger partial charge in [-0.15, -0.1) is 0 Å². The molecule has 1 aromatic rings. The Morgan fingerprint density at radius 2 is 2.16 bits per heavy atom. The monoisotopic (exact) mass is 326 g/mol. The first-order valence-electron chi connectivity index (χ1n) is 6.00. The summed E-state index contributed by atoms with van der Waals surface area (Å²) in [6.07, 6.45) is 0.839. The minimum absolute atomic E-state index is 0.104. The number of aliphatic carboxylic acids is 1. The summed E-state index contributed by atoms with van der Waals surface area (Å²) in [6, 6.07) is 4.57. The minimum atomic E-state index is -0.819. The van der Waals surface area contributed by atoms with Crippen LogP contribution in [0.5, 0.6) is 0 Å². The smallest absolute Gasteiger partial charge is 0.326 e. The molecule has 1 fully saturated rings. The van der Waals surface area contributed by atoms with Gasteiger partial charge in [0.15, 0.2) is 0 Å². The fraction of sp³-hybridized carbons (Fsp3) is 0.385. The number of benzene rings is 1. The van der Waals surface area contributed by atoms with Crippen molar-refractivity contribution >= 4 is 33.5 Å². The summed E-state index contributed by atoms with van der Waals surface area (Å²) < 4.78 is 0.584. The molecule has 0 saturated carbocycles. The lowest BCUT2D eigenvalue weighted by Crippen LogP contribution is -2.39. The predicted octanol–water partition coefficient (Wildman–Crippen LogP) is 1.85. The Bertz CT molecular complexity index is 533. The highest BCUT2D eigenvalue weighted by molar-refractivity contribution is 9.10. The van der Waals surface area contributed by atoms with Crippen molar-refractivity contribution in [3.05, 3.63) is 28.2 Å². The third-order valence-corrected chi connectivity index (χ3v) is 4.16. The fourth-order valence-electron chi connectivity index (χ4n) is 2.50. The molecule has 1 aromatic carbocycles. The summed E-state index contributed by atoms with van der Waals surface area (Å²) in [5, 5.41) is 9.30. The van der Waals surface area contributed by atoms with E-state index in [9.17, 15) is 14.7 Å². The lowest BCUT2D eigenvalue weighted by molar-refractivity contribution is -0.139. The second kappa shape index (κ2) is 5.21. The van der Waals surface area contributed by atoms with Gasteiger partial charge in [-0.3, -0.25) is 4.79 Å². The Morgan fingerprint density at radius 1 is 1.47 bits per heavy atom. The molecule has 1 amide bonds. The molecule has 1 heterocycles. The number of amides is 1. The number of hydrogen-bond acceptors (Lipinski definition) is 3. The van der Waals surface area contributed by atoms with E-state index in [4.69, 9.17) is 5.73 Å². The molecule has 1 saturated heterocycles. The summed E-state index contributed by atoms with van der Waals surface area (Å²) in [4.78, 5) is 24.3. The van der Waals surface area contributed by atoms with Gasteiger partial charge < -0.3 is 15.7 Å². The minimum Gasteiger partial charge on any atom is -0.480 e. The maximum atomic E-state index is 11.3. The van der Waals surface area contributed by atoms with Crippen LogP contribution < -0.4 is 10.6 Å². The Labute approximate surface area is 119 Å². The fourth-order valence-corrected chi connectivity index (χ4v) is 3.06. The molecule has 0 aromatic heterocycles. The molecule has 2 unspecified atom stereocenters.